The van der Waals surface area contributed by atoms with E-state index in [9.17, 15) is 9.90 Å². The van der Waals surface area contributed by atoms with Gasteiger partial charge >= 0.3 is 5.97 Å². The Labute approximate surface area is 65.8 Å². The zero-order valence-corrected chi connectivity index (χ0v) is 6.78. The van der Waals surface area contributed by atoms with Crippen molar-refractivity contribution in [2.75, 3.05) is 27.2 Å². The van der Waals surface area contributed by atoms with Crippen LogP contribution in [0.2, 0.25) is 0 Å². The van der Waals surface area contributed by atoms with Crippen LogP contribution in [0.15, 0.2) is 0 Å². The van der Waals surface area contributed by atoms with Gasteiger partial charge in [-0.2, -0.15) is 0 Å². The summed E-state index contributed by atoms with van der Waals surface area (Å²) >= 11 is 0. The monoisotopic (exact) mass is 159 g/mol. The summed E-state index contributed by atoms with van der Waals surface area (Å²) < 4.78 is 4.53. The third kappa shape index (κ3) is 1.70. The molecule has 64 valence electrons. The van der Waals surface area contributed by atoms with Crippen LogP contribution >= 0.6 is 0 Å². The normalized spacial score (nSPS) is 32.3. The van der Waals surface area contributed by atoms with E-state index in [0.717, 1.165) is 0 Å². The molecular formula is C7H13NO3. The molecule has 11 heavy (non-hydrogen) atoms. The molecule has 1 aliphatic heterocycles. The number of aliphatic hydroxyl groups excluding tert-OH is 1. The molecule has 0 aromatic carbocycles. The zero-order chi connectivity index (χ0) is 8.43. The SMILES string of the molecule is COC(=O)C1CN(C)CC1O. The summed E-state index contributed by atoms with van der Waals surface area (Å²) in [4.78, 5) is 12.9. The van der Waals surface area contributed by atoms with Gasteiger partial charge in [0.1, 0.15) is 0 Å². The lowest BCUT2D eigenvalue weighted by Crippen LogP contribution is -2.27. The summed E-state index contributed by atoms with van der Waals surface area (Å²) in [5, 5.41) is 9.32. The summed E-state index contributed by atoms with van der Waals surface area (Å²) in [5.74, 6) is -0.674. The van der Waals surface area contributed by atoms with Crippen molar-refractivity contribution in [2.45, 2.75) is 6.10 Å². The molecule has 0 radical (unpaired) electrons. The molecule has 1 aliphatic rings. The quantitative estimate of drug-likeness (QED) is 0.503. The highest BCUT2D eigenvalue weighted by Gasteiger charge is 2.35. The third-order valence-corrected chi connectivity index (χ3v) is 1.98. The summed E-state index contributed by atoms with van der Waals surface area (Å²) in [5.41, 5.74) is 0. The third-order valence-electron chi connectivity index (χ3n) is 1.98. The number of rotatable bonds is 1. The number of methoxy groups -OCH3 is 1. The average Bonchev–Trinajstić information content (AvgIpc) is 2.28. The van der Waals surface area contributed by atoms with Crippen LogP contribution in [0.1, 0.15) is 0 Å². The summed E-state index contributed by atoms with van der Waals surface area (Å²) in [7, 11) is 3.21. The van der Waals surface area contributed by atoms with Crippen molar-refractivity contribution in [1.29, 1.82) is 0 Å². The second-order valence-electron chi connectivity index (χ2n) is 2.92. The standard InChI is InChI=1S/C7H13NO3/c1-8-3-5(6(9)4-8)7(10)11-2/h5-6,9H,3-4H2,1-2H3. The van der Waals surface area contributed by atoms with Crippen molar-refractivity contribution >= 4 is 5.97 Å². The number of nitrogens with zero attached hydrogens (tertiary/aromatic N) is 1. The van der Waals surface area contributed by atoms with Gasteiger partial charge in [0.15, 0.2) is 0 Å². The number of ether oxygens (including phenoxy) is 1. The molecule has 1 fully saturated rings. The number of aliphatic hydroxyl groups is 1. The Kier molecular flexibility index (Phi) is 2.46. The first-order valence-corrected chi connectivity index (χ1v) is 3.59. The molecular weight excluding hydrogens is 146 g/mol. The number of likely N-dealkylation sites (N-methyl/N-ethyl adjacent to an activating group) is 1. The smallest absolute Gasteiger partial charge is 0.312 e. The second kappa shape index (κ2) is 3.19. The van der Waals surface area contributed by atoms with E-state index in [1.165, 1.54) is 7.11 Å². The predicted molar refractivity (Wildman–Crippen MR) is 39.0 cm³/mol. The lowest BCUT2D eigenvalue weighted by Gasteiger charge is -2.09. The first kappa shape index (κ1) is 8.49. The Bertz CT molecular complexity index is 160. The lowest BCUT2D eigenvalue weighted by molar-refractivity contribution is -0.147. The van der Waals surface area contributed by atoms with E-state index in [-0.39, 0.29) is 11.9 Å². The first-order valence-electron chi connectivity index (χ1n) is 3.59. The van der Waals surface area contributed by atoms with Crippen LogP contribution in [-0.2, 0) is 9.53 Å². The van der Waals surface area contributed by atoms with Gasteiger partial charge in [0.25, 0.3) is 0 Å². The minimum absolute atomic E-state index is 0.318. The van der Waals surface area contributed by atoms with E-state index in [1.807, 2.05) is 11.9 Å². The van der Waals surface area contributed by atoms with Crippen LogP contribution in [0.25, 0.3) is 0 Å². The van der Waals surface area contributed by atoms with E-state index in [1.54, 1.807) is 0 Å². The Morgan fingerprint density at radius 2 is 2.27 bits per heavy atom. The number of β-amino-alcohol motifs (C(OH)–C–C–N with tert-alkyl or cyclic N) is 1. The highest BCUT2D eigenvalue weighted by atomic mass is 16.5. The zero-order valence-electron chi connectivity index (χ0n) is 6.78. The summed E-state index contributed by atoms with van der Waals surface area (Å²) in [6.07, 6.45) is -0.563. The Morgan fingerprint density at radius 3 is 2.64 bits per heavy atom. The maximum absolute atomic E-state index is 11.0. The molecule has 2 unspecified atom stereocenters. The topological polar surface area (TPSA) is 49.8 Å². The number of hydrogen-bond acceptors (Lipinski definition) is 4. The van der Waals surface area contributed by atoms with Gasteiger partial charge in [0, 0.05) is 13.1 Å². The number of carbonyl (C=O) groups is 1. The van der Waals surface area contributed by atoms with Gasteiger partial charge in [0.05, 0.1) is 19.1 Å². The van der Waals surface area contributed by atoms with Crippen LogP contribution in [0.4, 0.5) is 0 Å². The average molecular weight is 159 g/mol. The number of esters is 1. The van der Waals surface area contributed by atoms with Crippen molar-refractivity contribution in [3.63, 3.8) is 0 Å². The van der Waals surface area contributed by atoms with E-state index >= 15 is 0 Å². The maximum atomic E-state index is 11.0. The predicted octanol–water partition coefficient (Wildman–Crippen LogP) is -0.918. The van der Waals surface area contributed by atoms with Gasteiger partial charge in [-0.15, -0.1) is 0 Å². The van der Waals surface area contributed by atoms with Crippen molar-refractivity contribution in [2.24, 2.45) is 5.92 Å². The Morgan fingerprint density at radius 1 is 1.64 bits per heavy atom. The fraction of sp³-hybridized carbons (Fsp3) is 0.857. The summed E-state index contributed by atoms with van der Waals surface area (Å²) in [6.45, 7) is 1.15. The van der Waals surface area contributed by atoms with Crippen LogP contribution < -0.4 is 0 Å². The van der Waals surface area contributed by atoms with E-state index in [2.05, 4.69) is 4.74 Å². The van der Waals surface area contributed by atoms with Gasteiger partial charge in [0.2, 0.25) is 0 Å². The van der Waals surface area contributed by atoms with Crippen molar-refractivity contribution in [3.8, 4) is 0 Å². The maximum Gasteiger partial charge on any atom is 0.312 e. The fourth-order valence-electron chi connectivity index (χ4n) is 1.36. The van der Waals surface area contributed by atoms with Crippen LogP contribution in [-0.4, -0.2) is 49.3 Å². The second-order valence-corrected chi connectivity index (χ2v) is 2.92. The molecule has 0 saturated carbocycles. The largest absolute Gasteiger partial charge is 0.469 e. The first-order chi connectivity index (χ1) is 5.15. The van der Waals surface area contributed by atoms with Crippen molar-refractivity contribution < 1.29 is 14.6 Å². The van der Waals surface area contributed by atoms with Crippen LogP contribution in [0.5, 0.6) is 0 Å². The highest BCUT2D eigenvalue weighted by molar-refractivity contribution is 5.73. The lowest BCUT2D eigenvalue weighted by atomic mass is 10.1. The molecule has 0 amide bonds. The molecule has 1 N–H and O–H groups in total. The van der Waals surface area contributed by atoms with Gasteiger partial charge in [-0.1, -0.05) is 0 Å². The van der Waals surface area contributed by atoms with E-state index in [4.69, 9.17) is 0 Å². The molecule has 1 rings (SSSR count). The number of carbonyl (C=O) groups excluding carboxylic acids is 1. The van der Waals surface area contributed by atoms with E-state index in [0.29, 0.717) is 13.1 Å². The summed E-state index contributed by atoms with van der Waals surface area (Å²) in [6, 6.07) is 0. The van der Waals surface area contributed by atoms with Gasteiger partial charge in [-0.25, -0.2) is 0 Å². The molecule has 0 spiro atoms. The molecule has 4 heteroatoms. The molecule has 1 heterocycles. The van der Waals surface area contributed by atoms with Gasteiger partial charge < -0.3 is 14.7 Å². The van der Waals surface area contributed by atoms with E-state index < -0.39 is 6.10 Å². The fourth-order valence-corrected chi connectivity index (χ4v) is 1.36. The van der Waals surface area contributed by atoms with Crippen molar-refractivity contribution in [3.05, 3.63) is 0 Å². The molecule has 0 bridgehead atoms. The minimum atomic E-state index is -0.563. The Balaban J connectivity index is 2.52. The number of hydrogen-bond donors (Lipinski definition) is 1. The van der Waals surface area contributed by atoms with Gasteiger partial charge in [-0.3, -0.25) is 4.79 Å². The Hall–Kier alpha value is -0.610. The molecule has 2 atom stereocenters. The molecule has 4 nitrogen and oxygen atoms in total. The van der Waals surface area contributed by atoms with Crippen LogP contribution in [0.3, 0.4) is 0 Å². The molecule has 1 saturated heterocycles. The minimum Gasteiger partial charge on any atom is -0.469 e. The highest BCUT2D eigenvalue weighted by Crippen LogP contribution is 2.16. The van der Waals surface area contributed by atoms with Gasteiger partial charge in [-0.05, 0) is 7.05 Å². The molecule has 0 aliphatic carbocycles. The number of likely N-dealkylation sites (tertiary alicyclic amines) is 1. The molecule has 0 aromatic heterocycles. The molecule has 0 aromatic rings. The van der Waals surface area contributed by atoms with Crippen molar-refractivity contribution in [1.82, 2.24) is 4.90 Å². The van der Waals surface area contributed by atoms with Crippen LogP contribution in [0, 0.1) is 5.92 Å².